The lowest BCUT2D eigenvalue weighted by molar-refractivity contribution is 0.0958. The van der Waals surface area contributed by atoms with Gasteiger partial charge < -0.3 is 10.4 Å². The number of carbonyl (C=O) groups excluding carboxylic acids is 1. The molecule has 86 valence electrons. The van der Waals surface area contributed by atoms with Crippen molar-refractivity contribution in [3.63, 3.8) is 0 Å². The highest BCUT2D eigenvalue weighted by Crippen LogP contribution is 2.21. The summed E-state index contributed by atoms with van der Waals surface area (Å²) in [7, 11) is 1.52. The van der Waals surface area contributed by atoms with Crippen LogP contribution in [0.3, 0.4) is 0 Å². The van der Waals surface area contributed by atoms with Crippen molar-refractivity contribution in [3.05, 3.63) is 48.2 Å². The van der Waals surface area contributed by atoms with Crippen molar-refractivity contribution in [1.82, 2.24) is 10.3 Å². The fraction of sp³-hybridized carbons (Fsp3) is 0.0769. The second-order valence-corrected chi connectivity index (χ2v) is 3.54. The van der Waals surface area contributed by atoms with E-state index in [-0.39, 0.29) is 17.4 Å². The van der Waals surface area contributed by atoms with Crippen molar-refractivity contribution < 1.29 is 9.90 Å². The molecule has 0 bridgehead atoms. The highest BCUT2D eigenvalue weighted by Gasteiger charge is 2.09. The van der Waals surface area contributed by atoms with E-state index in [0.29, 0.717) is 5.69 Å². The highest BCUT2D eigenvalue weighted by molar-refractivity contribution is 5.93. The Morgan fingerprint density at radius 3 is 2.59 bits per heavy atom. The standard InChI is InChI=1S/C13H12N2O2/c1-14-13(17)12-8-10(16)7-11(15-12)9-5-3-2-4-6-9/h2-8H,1H3,(H,14,17)(H,15,16). The normalized spacial score (nSPS) is 9.94. The highest BCUT2D eigenvalue weighted by atomic mass is 16.3. The summed E-state index contributed by atoms with van der Waals surface area (Å²) in [4.78, 5) is 15.7. The number of aromatic hydroxyl groups is 1. The number of carbonyl (C=O) groups is 1. The first-order valence-electron chi connectivity index (χ1n) is 5.19. The molecule has 2 N–H and O–H groups in total. The number of aromatic nitrogens is 1. The molecule has 1 heterocycles. The molecule has 0 fully saturated rings. The molecule has 0 aliphatic heterocycles. The molecule has 2 aromatic rings. The molecule has 1 amide bonds. The van der Waals surface area contributed by atoms with Crippen LogP contribution in [0.5, 0.6) is 5.75 Å². The number of nitrogens with one attached hydrogen (secondary N) is 1. The second kappa shape index (κ2) is 4.65. The average Bonchev–Trinajstić information content (AvgIpc) is 2.38. The molecule has 1 aromatic heterocycles. The zero-order valence-electron chi connectivity index (χ0n) is 9.34. The quantitative estimate of drug-likeness (QED) is 0.824. The maximum atomic E-state index is 11.5. The average molecular weight is 228 g/mol. The van der Waals surface area contributed by atoms with E-state index < -0.39 is 0 Å². The number of hydrogen-bond acceptors (Lipinski definition) is 3. The molecule has 0 aliphatic rings. The van der Waals surface area contributed by atoms with E-state index >= 15 is 0 Å². The first-order chi connectivity index (χ1) is 8.20. The van der Waals surface area contributed by atoms with Crippen molar-refractivity contribution in [2.24, 2.45) is 0 Å². The van der Waals surface area contributed by atoms with Gasteiger partial charge >= 0.3 is 0 Å². The van der Waals surface area contributed by atoms with Gasteiger partial charge in [-0.3, -0.25) is 4.79 Å². The van der Waals surface area contributed by atoms with Crippen LogP contribution in [0, 0.1) is 0 Å². The minimum Gasteiger partial charge on any atom is -0.508 e. The Labute approximate surface area is 98.9 Å². The molecule has 0 atom stereocenters. The Hall–Kier alpha value is -2.36. The number of nitrogens with zero attached hydrogens (tertiary/aromatic N) is 1. The zero-order valence-corrected chi connectivity index (χ0v) is 9.34. The summed E-state index contributed by atoms with van der Waals surface area (Å²) in [5.74, 6) is -0.296. The summed E-state index contributed by atoms with van der Waals surface area (Å²) < 4.78 is 0. The van der Waals surface area contributed by atoms with E-state index in [1.165, 1.54) is 19.2 Å². The van der Waals surface area contributed by atoms with Crippen LogP contribution >= 0.6 is 0 Å². The lowest BCUT2D eigenvalue weighted by Gasteiger charge is -2.05. The van der Waals surface area contributed by atoms with Crippen molar-refractivity contribution in [2.75, 3.05) is 7.05 Å². The van der Waals surface area contributed by atoms with Crippen LogP contribution in [0.25, 0.3) is 11.3 Å². The van der Waals surface area contributed by atoms with Crippen LogP contribution in [-0.4, -0.2) is 23.0 Å². The molecule has 17 heavy (non-hydrogen) atoms. The Morgan fingerprint density at radius 1 is 1.24 bits per heavy atom. The summed E-state index contributed by atoms with van der Waals surface area (Å²) in [5.41, 5.74) is 1.63. The SMILES string of the molecule is CNC(=O)c1cc(O)cc(-c2ccccc2)n1. The number of amides is 1. The van der Waals surface area contributed by atoms with Gasteiger partial charge in [0.2, 0.25) is 0 Å². The summed E-state index contributed by atoms with van der Waals surface area (Å²) >= 11 is 0. The van der Waals surface area contributed by atoms with E-state index in [1.807, 2.05) is 30.3 Å². The van der Waals surface area contributed by atoms with Crippen molar-refractivity contribution in [3.8, 4) is 17.0 Å². The Bertz CT molecular complexity index is 538. The smallest absolute Gasteiger partial charge is 0.269 e. The maximum absolute atomic E-state index is 11.5. The fourth-order valence-electron chi connectivity index (χ4n) is 1.52. The Balaban J connectivity index is 2.49. The van der Waals surface area contributed by atoms with Gasteiger partial charge in [-0.25, -0.2) is 4.98 Å². The predicted octanol–water partition coefficient (Wildman–Crippen LogP) is 1.81. The van der Waals surface area contributed by atoms with Gasteiger partial charge in [-0.1, -0.05) is 30.3 Å². The summed E-state index contributed by atoms with van der Waals surface area (Å²) in [5, 5.41) is 12.1. The first-order valence-corrected chi connectivity index (χ1v) is 5.19. The number of pyridine rings is 1. The van der Waals surface area contributed by atoms with E-state index in [4.69, 9.17) is 0 Å². The molecule has 0 aliphatic carbocycles. The van der Waals surface area contributed by atoms with Gasteiger partial charge in [0.05, 0.1) is 5.69 Å². The summed E-state index contributed by atoms with van der Waals surface area (Å²) in [6, 6.07) is 12.3. The van der Waals surface area contributed by atoms with Crippen molar-refractivity contribution in [1.29, 1.82) is 0 Å². The molecule has 4 nitrogen and oxygen atoms in total. The molecule has 0 saturated heterocycles. The van der Waals surface area contributed by atoms with Gasteiger partial charge in [0.25, 0.3) is 5.91 Å². The molecule has 0 saturated carbocycles. The summed E-state index contributed by atoms with van der Waals surface area (Å²) in [6.45, 7) is 0. The summed E-state index contributed by atoms with van der Waals surface area (Å²) in [6.07, 6.45) is 0. The minimum absolute atomic E-state index is 0.0254. The molecule has 2 rings (SSSR count). The third kappa shape index (κ3) is 2.42. The van der Waals surface area contributed by atoms with Crippen molar-refractivity contribution >= 4 is 5.91 Å². The van der Waals surface area contributed by atoms with Crippen molar-refractivity contribution in [2.45, 2.75) is 0 Å². The molecule has 4 heteroatoms. The van der Waals surface area contributed by atoms with Gasteiger partial charge in [0, 0.05) is 24.7 Å². The number of rotatable bonds is 2. The molecule has 0 spiro atoms. The van der Waals surface area contributed by atoms with Gasteiger partial charge in [-0.15, -0.1) is 0 Å². The molecule has 0 radical (unpaired) electrons. The number of benzene rings is 1. The second-order valence-electron chi connectivity index (χ2n) is 3.54. The third-order valence-corrected chi connectivity index (χ3v) is 2.34. The minimum atomic E-state index is -0.321. The molecule has 0 unspecified atom stereocenters. The predicted molar refractivity (Wildman–Crippen MR) is 64.7 cm³/mol. The zero-order chi connectivity index (χ0) is 12.3. The van der Waals surface area contributed by atoms with Gasteiger partial charge in [-0.2, -0.15) is 0 Å². The fourth-order valence-corrected chi connectivity index (χ4v) is 1.52. The van der Waals surface area contributed by atoms with E-state index in [2.05, 4.69) is 10.3 Å². The van der Waals surface area contributed by atoms with E-state index in [0.717, 1.165) is 5.56 Å². The third-order valence-electron chi connectivity index (χ3n) is 2.34. The maximum Gasteiger partial charge on any atom is 0.269 e. The van der Waals surface area contributed by atoms with Crippen LogP contribution in [0.15, 0.2) is 42.5 Å². The van der Waals surface area contributed by atoms with E-state index in [1.54, 1.807) is 0 Å². The molecular weight excluding hydrogens is 216 g/mol. The van der Waals surface area contributed by atoms with Crippen LogP contribution < -0.4 is 5.32 Å². The largest absolute Gasteiger partial charge is 0.508 e. The Kier molecular flexibility index (Phi) is 3.05. The van der Waals surface area contributed by atoms with Crippen LogP contribution in [0.4, 0.5) is 0 Å². The van der Waals surface area contributed by atoms with Crippen LogP contribution in [-0.2, 0) is 0 Å². The van der Waals surface area contributed by atoms with E-state index in [9.17, 15) is 9.90 Å². The number of hydrogen-bond donors (Lipinski definition) is 2. The molecular formula is C13H12N2O2. The first kappa shape index (κ1) is 11.1. The Morgan fingerprint density at radius 2 is 1.94 bits per heavy atom. The van der Waals surface area contributed by atoms with Crippen LogP contribution in [0.1, 0.15) is 10.5 Å². The van der Waals surface area contributed by atoms with Crippen LogP contribution in [0.2, 0.25) is 0 Å². The lowest BCUT2D eigenvalue weighted by atomic mass is 10.1. The lowest BCUT2D eigenvalue weighted by Crippen LogP contribution is -2.19. The van der Waals surface area contributed by atoms with Gasteiger partial charge in [-0.05, 0) is 0 Å². The van der Waals surface area contributed by atoms with Gasteiger partial charge in [0.15, 0.2) is 0 Å². The topological polar surface area (TPSA) is 62.2 Å². The molecule has 1 aromatic carbocycles. The van der Waals surface area contributed by atoms with Gasteiger partial charge in [0.1, 0.15) is 11.4 Å². The monoisotopic (exact) mass is 228 g/mol.